The molecule has 2 aliphatic heterocycles. The first kappa shape index (κ1) is 21.2. The number of aromatic nitrogens is 4. The molecule has 9 nitrogen and oxygen atoms in total. The second-order valence-electron chi connectivity index (χ2n) is 8.51. The van der Waals surface area contributed by atoms with Crippen molar-refractivity contribution in [2.24, 2.45) is 0 Å². The number of nitrogens with zero attached hydrogens (tertiary/aromatic N) is 7. The molecule has 1 amide bonds. The highest BCUT2D eigenvalue weighted by molar-refractivity contribution is 5.79. The third kappa shape index (κ3) is 4.35. The molecule has 0 aliphatic carbocycles. The van der Waals surface area contributed by atoms with Gasteiger partial charge in [-0.2, -0.15) is 0 Å². The van der Waals surface area contributed by atoms with Gasteiger partial charge in [-0.05, 0) is 46.2 Å². The van der Waals surface area contributed by atoms with Gasteiger partial charge in [0.1, 0.15) is 6.33 Å². The van der Waals surface area contributed by atoms with E-state index in [9.17, 15) is 4.79 Å². The fourth-order valence-corrected chi connectivity index (χ4v) is 4.64. The molecule has 33 heavy (non-hydrogen) atoms. The highest BCUT2D eigenvalue weighted by Crippen LogP contribution is 2.32. The molecule has 2 atom stereocenters. The lowest BCUT2D eigenvalue weighted by Gasteiger charge is -2.46. The normalized spacial score (nSPS) is 20.8. The van der Waals surface area contributed by atoms with E-state index in [2.05, 4.69) is 31.3 Å². The second-order valence-corrected chi connectivity index (χ2v) is 8.51. The molecule has 0 N–H and O–H groups in total. The van der Waals surface area contributed by atoms with Gasteiger partial charge >= 0.3 is 0 Å². The minimum Gasteiger partial charge on any atom is -0.371 e. The number of hydrogen-bond donors (Lipinski definition) is 0. The minimum absolute atomic E-state index is 0.0381. The average molecular weight is 444 g/mol. The Morgan fingerprint density at radius 2 is 2.03 bits per heavy atom. The molecule has 2 fully saturated rings. The SMILES string of the molecule is [C-]#[N+]c1cccc([C@@H]2CN3CCN(C(=O)Cc4ccc(-n5cnnn5)cc4)C[C@H]3CO2)c1C. The van der Waals surface area contributed by atoms with E-state index in [4.69, 9.17) is 11.3 Å². The summed E-state index contributed by atoms with van der Waals surface area (Å²) in [5.41, 5.74) is 4.59. The number of benzene rings is 2. The predicted octanol–water partition coefficient (Wildman–Crippen LogP) is 2.35. The monoisotopic (exact) mass is 443 g/mol. The standard InChI is InChI=1S/C24H25N7O2/c1-17-21(4-3-5-22(17)25-2)23-14-29-10-11-30(13-20(29)15-33-23)24(32)12-18-6-8-19(9-7-18)31-16-26-27-28-31/h3-9,16,20,23H,10-15H2,1H3/t20-,23-/m0/s1. The van der Waals surface area contributed by atoms with E-state index in [1.165, 1.54) is 0 Å². The zero-order chi connectivity index (χ0) is 22.8. The average Bonchev–Trinajstić information content (AvgIpc) is 3.39. The van der Waals surface area contributed by atoms with Crippen molar-refractivity contribution in [3.8, 4) is 5.69 Å². The molecule has 2 saturated heterocycles. The Labute approximate surface area is 192 Å². The van der Waals surface area contributed by atoms with Crippen LogP contribution in [0.15, 0.2) is 48.8 Å². The lowest BCUT2D eigenvalue weighted by molar-refractivity contribution is -0.139. The first-order chi connectivity index (χ1) is 16.1. The molecule has 168 valence electrons. The minimum atomic E-state index is -0.0381. The number of tetrazole rings is 1. The fraction of sp³-hybridized carbons (Fsp3) is 0.375. The molecule has 3 heterocycles. The van der Waals surface area contributed by atoms with Gasteiger partial charge in [-0.15, -0.1) is 5.10 Å². The Bertz CT molecular complexity index is 1170. The summed E-state index contributed by atoms with van der Waals surface area (Å²) < 4.78 is 7.79. The summed E-state index contributed by atoms with van der Waals surface area (Å²) >= 11 is 0. The van der Waals surface area contributed by atoms with Crippen LogP contribution in [-0.4, -0.2) is 74.7 Å². The van der Waals surface area contributed by atoms with Crippen molar-refractivity contribution in [1.82, 2.24) is 30.0 Å². The molecule has 9 heteroatoms. The van der Waals surface area contributed by atoms with Crippen LogP contribution in [0.25, 0.3) is 10.5 Å². The van der Waals surface area contributed by atoms with Crippen LogP contribution in [0.1, 0.15) is 22.8 Å². The number of carbonyl (C=O) groups is 1. The maximum Gasteiger partial charge on any atom is 0.227 e. The summed E-state index contributed by atoms with van der Waals surface area (Å²) in [6.07, 6.45) is 1.87. The number of amides is 1. The van der Waals surface area contributed by atoms with E-state index in [1.807, 2.05) is 48.2 Å². The van der Waals surface area contributed by atoms with Gasteiger partial charge in [0.05, 0.1) is 37.4 Å². The van der Waals surface area contributed by atoms with Crippen molar-refractivity contribution in [3.05, 3.63) is 76.9 Å². The van der Waals surface area contributed by atoms with Gasteiger partial charge in [-0.1, -0.05) is 30.3 Å². The van der Waals surface area contributed by atoms with Gasteiger partial charge in [-0.25, -0.2) is 9.53 Å². The van der Waals surface area contributed by atoms with Crippen molar-refractivity contribution in [2.75, 3.05) is 32.8 Å². The number of ether oxygens (including phenoxy) is 1. The Balaban J connectivity index is 1.18. The van der Waals surface area contributed by atoms with Crippen LogP contribution < -0.4 is 0 Å². The molecule has 0 unspecified atom stereocenters. The van der Waals surface area contributed by atoms with E-state index in [-0.39, 0.29) is 18.1 Å². The molecule has 0 spiro atoms. The summed E-state index contributed by atoms with van der Waals surface area (Å²) in [6.45, 7) is 12.9. The Kier molecular flexibility index (Phi) is 5.86. The Morgan fingerprint density at radius 3 is 2.79 bits per heavy atom. The zero-order valence-corrected chi connectivity index (χ0v) is 18.5. The van der Waals surface area contributed by atoms with Crippen LogP contribution in [0.4, 0.5) is 5.69 Å². The van der Waals surface area contributed by atoms with Crippen LogP contribution in [0.3, 0.4) is 0 Å². The molecule has 5 rings (SSSR count). The van der Waals surface area contributed by atoms with Gasteiger partial charge in [0.15, 0.2) is 5.69 Å². The van der Waals surface area contributed by atoms with Gasteiger partial charge in [0, 0.05) is 26.2 Å². The molecule has 2 aromatic carbocycles. The van der Waals surface area contributed by atoms with E-state index >= 15 is 0 Å². The maximum absolute atomic E-state index is 13.0. The molecule has 1 aromatic heterocycles. The first-order valence-corrected chi connectivity index (χ1v) is 11.0. The van der Waals surface area contributed by atoms with E-state index in [1.54, 1.807) is 11.0 Å². The number of fused-ring (bicyclic) bond motifs is 1. The molecular weight excluding hydrogens is 418 g/mol. The van der Waals surface area contributed by atoms with Crippen LogP contribution in [-0.2, 0) is 16.0 Å². The summed E-state index contributed by atoms with van der Waals surface area (Å²) in [7, 11) is 0. The van der Waals surface area contributed by atoms with Crippen molar-refractivity contribution in [3.63, 3.8) is 0 Å². The molecule has 0 radical (unpaired) electrons. The van der Waals surface area contributed by atoms with Gasteiger partial charge < -0.3 is 9.64 Å². The zero-order valence-electron chi connectivity index (χ0n) is 18.5. The third-order valence-corrected chi connectivity index (χ3v) is 6.57. The van der Waals surface area contributed by atoms with Crippen molar-refractivity contribution in [2.45, 2.75) is 25.5 Å². The predicted molar refractivity (Wildman–Crippen MR) is 121 cm³/mol. The summed E-state index contributed by atoms with van der Waals surface area (Å²) in [6, 6.07) is 13.7. The lowest BCUT2D eigenvalue weighted by atomic mass is 9.98. The number of piperazine rings is 1. The topological polar surface area (TPSA) is 80.7 Å². The quantitative estimate of drug-likeness (QED) is 0.576. The highest BCUT2D eigenvalue weighted by atomic mass is 16.5. The number of hydrogen-bond acceptors (Lipinski definition) is 6. The molecular formula is C24H25N7O2. The number of rotatable bonds is 4. The van der Waals surface area contributed by atoms with Gasteiger partial charge in [0.2, 0.25) is 5.91 Å². The lowest BCUT2D eigenvalue weighted by Crippen LogP contribution is -2.59. The van der Waals surface area contributed by atoms with Crippen molar-refractivity contribution in [1.29, 1.82) is 0 Å². The first-order valence-electron chi connectivity index (χ1n) is 11.0. The van der Waals surface area contributed by atoms with Crippen molar-refractivity contribution >= 4 is 11.6 Å². The van der Waals surface area contributed by atoms with E-state index < -0.39 is 0 Å². The Morgan fingerprint density at radius 1 is 1.18 bits per heavy atom. The van der Waals surface area contributed by atoms with Crippen LogP contribution >= 0.6 is 0 Å². The third-order valence-electron chi connectivity index (χ3n) is 6.57. The Hall–Kier alpha value is -3.61. The molecule has 0 bridgehead atoms. The summed E-state index contributed by atoms with van der Waals surface area (Å²) in [5, 5.41) is 11.2. The van der Waals surface area contributed by atoms with Crippen LogP contribution in [0, 0.1) is 13.5 Å². The fourth-order valence-electron chi connectivity index (χ4n) is 4.64. The van der Waals surface area contributed by atoms with Crippen LogP contribution in [0.5, 0.6) is 0 Å². The van der Waals surface area contributed by atoms with Crippen LogP contribution in [0.2, 0.25) is 0 Å². The summed E-state index contributed by atoms with van der Waals surface area (Å²) in [5.74, 6) is 0.132. The second kappa shape index (κ2) is 9.10. The largest absolute Gasteiger partial charge is 0.371 e. The molecule has 2 aliphatic rings. The highest BCUT2D eigenvalue weighted by Gasteiger charge is 2.35. The van der Waals surface area contributed by atoms with E-state index in [0.29, 0.717) is 31.8 Å². The molecule has 0 saturated carbocycles. The van der Waals surface area contributed by atoms with Gasteiger partial charge in [0.25, 0.3) is 0 Å². The maximum atomic E-state index is 13.0. The number of morpholine rings is 1. The smallest absolute Gasteiger partial charge is 0.227 e. The van der Waals surface area contributed by atoms with Crippen molar-refractivity contribution < 1.29 is 9.53 Å². The number of carbonyl (C=O) groups excluding carboxylic acids is 1. The van der Waals surface area contributed by atoms with Gasteiger partial charge in [-0.3, -0.25) is 9.69 Å². The molecule has 3 aromatic rings. The van der Waals surface area contributed by atoms with E-state index in [0.717, 1.165) is 35.5 Å². The summed E-state index contributed by atoms with van der Waals surface area (Å²) in [4.78, 5) is 20.9.